The van der Waals surface area contributed by atoms with Gasteiger partial charge in [-0.2, -0.15) is 0 Å². The van der Waals surface area contributed by atoms with Gasteiger partial charge in [-0.1, -0.05) is 18.2 Å². The molecule has 2 aromatic rings. The van der Waals surface area contributed by atoms with E-state index in [2.05, 4.69) is 10.2 Å². The van der Waals surface area contributed by atoms with Gasteiger partial charge in [-0.15, -0.1) is 0 Å². The van der Waals surface area contributed by atoms with Gasteiger partial charge in [0.2, 0.25) is 0 Å². The van der Waals surface area contributed by atoms with Crippen LogP contribution in [0.3, 0.4) is 0 Å². The van der Waals surface area contributed by atoms with Gasteiger partial charge in [0.25, 0.3) is 0 Å². The van der Waals surface area contributed by atoms with Crippen molar-refractivity contribution in [1.29, 1.82) is 0 Å². The number of hydrogen-bond acceptors (Lipinski definition) is 5. The van der Waals surface area contributed by atoms with E-state index in [1.54, 1.807) is 0 Å². The van der Waals surface area contributed by atoms with Crippen molar-refractivity contribution in [3.63, 3.8) is 0 Å². The van der Waals surface area contributed by atoms with Crippen LogP contribution in [0.2, 0.25) is 0 Å². The highest BCUT2D eigenvalue weighted by molar-refractivity contribution is 5.28. The monoisotopic (exact) mass is 392 g/mol. The number of halogens is 2. The Labute approximate surface area is 163 Å². The van der Waals surface area contributed by atoms with Crippen LogP contribution in [0.15, 0.2) is 42.5 Å². The van der Waals surface area contributed by atoms with Crippen molar-refractivity contribution in [2.45, 2.75) is 19.2 Å². The Balaban J connectivity index is 1.43. The van der Waals surface area contributed by atoms with E-state index in [1.165, 1.54) is 12.1 Å². The molecule has 0 spiro atoms. The number of morpholine rings is 1. The molecule has 28 heavy (non-hydrogen) atoms. The predicted octanol–water partition coefficient (Wildman–Crippen LogP) is 2.33. The lowest BCUT2D eigenvalue weighted by Gasteiger charge is -2.28. The van der Waals surface area contributed by atoms with Gasteiger partial charge < -0.3 is 19.9 Å². The van der Waals surface area contributed by atoms with Crippen molar-refractivity contribution in [1.82, 2.24) is 10.2 Å². The molecule has 1 aliphatic rings. The zero-order chi connectivity index (χ0) is 19.8. The smallest absolute Gasteiger partial charge is 0.130 e. The minimum Gasteiger partial charge on any atom is -0.491 e. The second kappa shape index (κ2) is 10.5. The molecule has 5 nitrogen and oxygen atoms in total. The second-order valence-corrected chi connectivity index (χ2v) is 6.86. The number of β-amino-alcohol motifs (C(OH)–C–C–N with tert-alkyl or cyclic N) is 1. The number of rotatable bonds is 9. The Kier molecular flexibility index (Phi) is 7.73. The Morgan fingerprint density at radius 1 is 1.11 bits per heavy atom. The van der Waals surface area contributed by atoms with Crippen molar-refractivity contribution < 1.29 is 23.4 Å². The van der Waals surface area contributed by atoms with Crippen molar-refractivity contribution in [3.05, 3.63) is 65.2 Å². The summed E-state index contributed by atoms with van der Waals surface area (Å²) in [7, 11) is 0. The molecule has 1 atom stereocenters. The Hall–Kier alpha value is -2.06. The molecule has 0 saturated carbocycles. The maximum Gasteiger partial charge on any atom is 0.130 e. The van der Waals surface area contributed by atoms with Crippen molar-refractivity contribution in [3.8, 4) is 5.75 Å². The van der Waals surface area contributed by atoms with Crippen LogP contribution in [0.5, 0.6) is 5.75 Å². The van der Waals surface area contributed by atoms with Crippen LogP contribution < -0.4 is 10.1 Å². The first-order valence-electron chi connectivity index (χ1n) is 9.45. The van der Waals surface area contributed by atoms with Gasteiger partial charge >= 0.3 is 0 Å². The van der Waals surface area contributed by atoms with Crippen LogP contribution in [0.1, 0.15) is 11.1 Å². The fraction of sp³-hybridized carbons (Fsp3) is 0.429. The molecule has 1 aliphatic heterocycles. The van der Waals surface area contributed by atoms with E-state index >= 15 is 0 Å². The zero-order valence-corrected chi connectivity index (χ0v) is 15.7. The highest BCUT2D eigenvalue weighted by Crippen LogP contribution is 2.15. The van der Waals surface area contributed by atoms with E-state index in [4.69, 9.17) is 9.47 Å². The number of hydrogen-bond donors (Lipinski definition) is 2. The van der Waals surface area contributed by atoms with Crippen LogP contribution in [0, 0.1) is 11.6 Å². The van der Waals surface area contributed by atoms with Crippen LogP contribution in [0.25, 0.3) is 0 Å². The third-order valence-electron chi connectivity index (χ3n) is 4.57. The van der Waals surface area contributed by atoms with E-state index in [0.29, 0.717) is 44.2 Å². The molecule has 0 radical (unpaired) electrons. The third kappa shape index (κ3) is 6.53. The molecule has 2 aromatic carbocycles. The van der Waals surface area contributed by atoms with Gasteiger partial charge in [-0.05, 0) is 23.8 Å². The van der Waals surface area contributed by atoms with Crippen LogP contribution in [-0.4, -0.2) is 55.6 Å². The molecule has 1 saturated heterocycles. The number of nitrogens with zero attached hydrogens (tertiary/aromatic N) is 1. The molecule has 0 amide bonds. The first-order chi connectivity index (χ1) is 13.6. The highest BCUT2D eigenvalue weighted by Gasteiger charge is 2.15. The van der Waals surface area contributed by atoms with Crippen LogP contribution >= 0.6 is 0 Å². The summed E-state index contributed by atoms with van der Waals surface area (Å²) in [6.45, 7) is 4.65. The fourth-order valence-corrected chi connectivity index (χ4v) is 3.08. The maximum absolute atomic E-state index is 13.7. The minimum atomic E-state index is -0.582. The van der Waals surface area contributed by atoms with Crippen molar-refractivity contribution in [2.75, 3.05) is 39.5 Å². The van der Waals surface area contributed by atoms with Crippen molar-refractivity contribution >= 4 is 0 Å². The quantitative estimate of drug-likeness (QED) is 0.686. The molecular weight excluding hydrogens is 366 g/mol. The van der Waals surface area contributed by atoms with Crippen LogP contribution in [-0.2, 0) is 17.8 Å². The van der Waals surface area contributed by atoms with E-state index in [1.807, 2.05) is 24.3 Å². The largest absolute Gasteiger partial charge is 0.491 e. The molecule has 0 bridgehead atoms. The average molecular weight is 392 g/mol. The molecule has 0 aromatic heterocycles. The molecule has 0 aliphatic carbocycles. The minimum absolute atomic E-state index is 0.217. The molecule has 1 fully saturated rings. The van der Waals surface area contributed by atoms with Gasteiger partial charge in [0.15, 0.2) is 0 Å². The molecular formula is C21H26F2N2O3. The summed E-state index contributed by atoms with van der Waals surface area (Å²) in [6, 6.07) is 11.1. The molecule has 3 rings (SSSR count). The summed E-state index contributed by atoms with van der Waals surface area (Å²) in [4.78, 5) is 2.16. The summed E-state index contributed by atoms with van der Waals surface area (Å²) >= 11 is 0. The van der Waals surface area contributed by atoms with Crippen molar-refractivity contribution in [2.24, 2.45) is 0 Å². The zero-order valence-electron chi connectivity index (χ0n) is 15.7. The Morgan fingerprint density at radius 3 is 2.71 bits per heavy atom. The SMILES string of the molecule is O[C@H](COc1cccc(CNCc2ccc(F)cc2F)c1)CN1CCOCC1. The van der Waals surface area contributed by atoms with Gasteiger partial charge in [0, 0.05) is 44.4 Å². The Bertz CT molecular complexity index is 754. The van der Waals surface area contributed by atoms with Gasteiger partial charge in [-0.25, -0.2) is 8.78 Å². The lowest BCUT2D eigenvalue weighted by Crippen LogP contribution is -2.42. The van der Waals surface area contributed by atoms with E-state index in [-0.39, 0.29) is 6.61 Å². The van der Waals surface area contributed by atoms with E-state index in [9.17, 15) is 13.9 Å². The number of ether oxygens (including phenoxy) is 2. The average Bonchev–Trinajstić information content (AvgIpc) is 2.69. The number of nitrogens with one attached hydrogen (secondary N) is 1. The van der Waals surface area contributed by atoms with Crippen LogP contribution in [0.4, 0.5) is 8.78 Å². The molecule has 152 valence electrons. The third-order valence-corrected chi connectivity index (χ3v) is 4.57. The summed E-state index contributed by atoms with van der Waals surface area (Å²) in [5.74, 6) is -0.464. The Morgan fingerprint density at radius 2 is 1.93 bits per heavy atom. The predicted molar refractivity (Wildman–Crippen MR) is 102 cm³/mol. The van der Waals surface area contributed by atoms with Gasteiger partial charge in [0.1, 0.15) is 30.1 Å². The summed E-state index contributed by atoms with van der Waals surface area (Å²) in [6.07, 6.45) is -0.568. The number of benzene rings is 2. The number of aliphatic hydroxyl groups is 1. The highest BCUT2D eigenvalue weighted by atomic mass is 19.1. The fourth-order valence-electron chi connectivity index (χ4n) is 3.08. The normalized spacial score (nSPS) is 16.1. The molecule has 2 N–H and O–H groups in total. The second-order valence-electron chi connectivity index (χ2n) is 6.86. The summed E-state index contributed by atoms with van der Waals surface area (Å²) in [5, 5.41) is 13.3. The van der Waals surface area contributed by atoms with Gasteiger partial charge in [0.05, 0.1) is 13.2 Å². The lowest BCUT2D eigenvalue weighted by atomic mass is 10.2. The maximum atomic E-state index is 13.7. The summed E-state index contributed by atoms with van der Waals surface area (Å²) in [5.41, 5.74) is 1.39. The first-order valence-corrected chi connectivity index (χ1v) is 9.45. The first kappa shape index (κ1) is 20.7. The molecule has 7 heteroatoms. The molecule has 0 unspecified atom stereocenters. The topological polar surface area (TPSA) is 54.0 Å². The van der Waals surface area contributed by atoms with Gasteiger partial charge in [-0.3, -0.25) is 4.90 Å². The standard InChI is InChI=1S/C21H26F2N2O3/c22-18-5-4-17(21(23)11-18)13-24-12-16-2-1-3-20(10-16)28-15-19(26)14-25-6-8-27-9-7-25/h1-5,10-11,19,24,26H,6-9,12-15H2/t19-/m0/s1. The summed E-state index contributed by atoms with van der Waals surface area (Å²) < 4.78 is 37.6. The number of aliphatic hydroxyl groups excluding tert-OH is 1. The lowest BCUT2D eigenvalue weighted by molar-refractivity contribution is 0.00465. The molecule has 1 heterocycles. The van der Waals surface area contributed by atoms with E-state index in [0.717, 1.165) is 24.7 Å². The van der Waals surface area contributed by atoms with E-state index < -0.39 is 17.7 Å².